The number of benzene rings is 2. The normalized spacial score (nSPS) is 19.7. The summed E-state index contributed by atoms with van der Waals surface area (Å²) in [5.74, 6) is -6.28. The van der Waals surface area contributed by atoms with E-state index < -0.39 is 42.4 Å². The molecule has 0 aliphatic heterocycles. The summed E-state index contributed by atoms with van der Waals surface area (Å²) in [6, 6.07) is 10.6. The molecule has 0 N–H and O–H groups in total. The van der Waals surface area contributed by atoms with Crippen molar-refractivity contribution in [1.29, 1.82) is 0 Å². The molecule has 0 amide bonds. The minimum absolute atomic E-state index is 0.112. The molecule has 3 rings (SSSR count). The van der Waals surface area contributed by atoms with Gasteiger partial charge in [0.25, 0.3) is 5.92 Å². The van der Waals surface area contributed by atoms with Crippen LogP contribution < -0.4 is 4.74 Å². The third-order valence-corrected chi connectivity index (χ3v) is 6.25. The molecule has 0 heterocycles. The minimum Gasteiger partial charge on any atom is -0.425 e. The second-order valence-electron chi connectivity index (χ2n) is 8.71. The van der Waals surface area contributed by atoms with Crippen LogP contribution in [0.5, 0.6) is 5.75 Å². The Balaban J connectivity index is 1.59. The molecule has 8 heteroatoms. The van der Waals surface area contributed by atoms with Gasteiger partial charge in [-0.1, -0.05) is 43.7 Å². The summed E-state index contributed by atoms with van der Waals surface area (Å²) in [5, 5.41) is 0. The van der Waals surface area contributed by atoms with Crippen LogP contribution in [0, 0.1) is 11.7 Å². The first-order valence-corrected chi connectivity index (χ1v) is 11.1. The molecular formula is C25H27F7O. The maximum Gasteiger partial charge on any atom is 0.461 e. The topological polar surface area (TPSA) is 9.23 Å². The van der Waals surface area contributed by atoms with Crippen molar-refractivity contribution in [2.45, 2.75) is 76.2 Å². The number of halogens is 7. The molecule has 0 bridgehead atoms. The van der Waals surface area contributed by atoms with E-state index in [2.05, 4.69) is 35.9 Å². The molecule has 2 aromatic rings. The van der Waals surface area contributed by atoms with Crippen molar-refractivity contribution in [1.82, 2.24) is 0 Å². The molecule has 0 aromatic heterocycles. The molecule has 1 nitrogen and oxygen atoms in total. The van der Waals surface area contributed by atoms with E-state index in [4.69, 9.17) is 0 Å². The zero-order valence-corrected chi connectivity index (χ0v) is 18.3. The van der Waals surface area contributed by atoms with Crippen LogP contribution in [-0.2, 0) is 12.8 Å². The fourth-order valence-corrected chi connectivity index (χ4v) is 4.44. The monoisotopic (exact) mass is 476 g/mol. The van der Waals surface area contributed by atoms with Gasteiger partial charge in [0.1, 0.15) is 0 Å². The lowest BCUT2D eigenvalue weighted by Gasteiger charge is -2.34. The number of alkyl halides is 6. The van der Waals surface area contributed by atoms with Crippen LogP contribution in [0.2, 0.25) is 0 Å². The van der Waals surface area contributed by atoms with E-state index in [1.807, 2.05) is 0 Å². The predicted molar refractivity (Wildman–Crippen MR) is 112 cm³/mol. The summed E-state index contributed by atoms with van der Waals surface area (Å²) in [5.41, 5.74) is 2.29. The van der Waals surface area contributed by atoms with Crippen LogP contribution in [0.25, 0.3) is 0 Å². The molecule has 33 heavy (non-hydrogen) atoms. The smallest absolute Gasteiger partial charge is 0.425 e. The maximum absolute atomic E-state index is 14.9. The van der Waals surface area contributed by atoms with Crippen LogP contribution >= 0.6 is 0 Å². The Morgan fingerprint density at radius 1 is 0.909 bits per heavy atom. The van der Waals surface area contributed by atoms with Gasteiger partial charge in [0.15, 0.2) is 11.6 Å². The van der Waals surface area contributed by atoms with E-state index in [1.54, 1.807) is 0 Å². The Bertz CT molecular complexity index is 903. The highest BCUT2D eigenvalue weighted by atomic mass is 19.3. The second kappa shape index (κ2) is 10.3. The first-order valence-electron chi connectivity index (χ1n) is 11.1. The Morgan fingerprint density at radius 3 is 2.06 bits per heavy atom. The average Bonchev–Trinajstić information content (AvgIpc) is 2.76. The van der Waals surface area contributed by atoms with Crippen molar-refractivity contribution in [3.63, 3.8) is 0 Å². The van der Waals surface area contributed by atoms with Gasteiger partial charge in [-0.2, -0.15) is 17.6 Å². The molecule has 1 saturated carbocycles. The third kappa shape index (κ3) is 6.42. The van der Waals surface area contributed by atoms with Crippen molar-refractivity contribution in [2.24, 2.45) is 5.92 Å². The van der Waals surface area contributed by atoms with Crippen molar-refractivity contribution in [3.05, 3.63) is 65.0 Å². The van der Waals surface area contributed by atoms with E-state index in [1.165, 1.54) is 5.56 Å². The summed E-state index contributed by atoms with van der Waals surface area (Å²) in [6.07, 6.45) is -5.85. The van der Waals surface area contributed by atoms with Gasteiger partial charge in [0, 0.05) is 12.3 Å². The summed E-state index contributed by atoms with van der Waals surface area (Å²) in [6.45, 7) is 2.11. The van der Waals surface area contributed by atoms with Gasteiger partial charge in [-0.25, -0.2) is 13.2 Å². The standard InChI is InChI=1S/C25H27F7O/c1-2-3-16-4-7-18(8-5-16)19-9-11-20(12-10-19)24(29,30)15-17-6-13-22(21(26)14-17)33-25(31,32)23(27)28/h4-8,13-14,19-20,23H,2-3,9-12,15H2,1H3. The van der Waals surface area contributed by atoms with Gasteiger partial charge in [0.05, 0.1) is 0 Å². The number of aryl methyl sites for hydroxylation is 1. The third-order valence-electron chi connectivity index (χ3n) is 6.25. The zero-order chi connectivity index (χ0) is 24.2. The molecule has 2 aromatic carbocycles. The molecule has 0 saturated heterocycles. The van der Waals surface area contributed by atoms with Gasteiger partial charge in [-0.15, -0.1) is 0 Å². The SMILES string of the molecule is CCCc1ccc(C2CCC(C(F)(F)Cc3ccc(OC(F)(F)C(F)F)c(F)c3)CC2)cc1. The molecule has 0 radical (unpaired) electrons. The number of rotatable bonds is 9. The van der Waals surface area contributed by atoms with Crippen molar-refractivity contribution >= 4 is 0 Å². The van der Waals surface area contributed by atoms with E-state index in [9.17, 15) is 30.7 Å². The van der Waals surface area contributed by atoms with Crippen LogP contribution in [-0.4, -0.2) is 18.5 Å². The van der Waals surface area contributed by atoms with Crippen LogP contribution in [0.15, 0.2) is 42.5 Å². The van der Waals surface area contributed by atoms with E-state index in [0.717, 1.165) is 24.5 Å². The Kier molecular flexibility index (Phi) is 7.96. The average molecular weight is 476 g/mol. The summed E-state index contributed by atoms with van der Waals surface area (Å²) >= 11 is 0. The minimum atomic E-state index is -4.87. The highest BCUT2D eigenvalue weighted by Gasteiger charge is 2.45. The Hall–Kier alpha value is -2.25. The highest BCUT2D eigenvalue weighted by molar-refractivity contribution is 5.31. The molecule has 1 aliphatic rings. The van der Waals surface area contributed by atoms with Gasteiger partial charge in [-0.3, -0.25) is 0 Å². The quantitative estimate of drug-likeness (QED) is 0.332. The highest BCUT2D eigenvalue weighted by Crippen LogP contribution is 2.44. The first kappa shape index (κ1) is 25.4. The molecule has 1 aliphatic carbocycles. The van der Waals surface area contributed by atoms with E-state index in [-0.39, 0.29) is 11.5 Å². The molecule has 0 unspecified atom stereocenters. The largest absolute Gasteiger partial charge is 0.461 e. The van der Waals surface area contributed by atoms with Gasteiger partial charge >= 0.3 is 12.5 Å². The van der Waals surface area contributed by atoms with Crippen molar-refractivity contribution in [3.8, 4) is 5.75 Å². The first-order chi connectivity index (χ1) is 15.5. The fraction of sp³-hybridized carbons (Fsp3) is 0.520. The van der Waals surface area contributed by atoms with Crippen LogP contribution in [0.1, 0.15) is 61.6 Å². The zero-order valence-electron chi connectivity index (χ0n) is 18.3. The molecular weight excluding hydrogens is 449 g/mol. The van der Waals surface area contributed by atoms with E-state index in [0.29, 0.717) is 37.8 Å². The molecule has 182 valence electrons. The Labute approximate surface area is 188 Å². The molecule has 0 atom stereocenters. The Morgan fingerprint density at radius 2 is 1.52 bits per heavy atom. The van der Waals surface area contributed by atoms with Crippen LogP contribution in [0.4, 0.5) is 30.7 Å². The lowest BCUT2D eigenvalue weighted by molar-refractivity contribution is -0.254. The summed E-state index contributed by atoms with van der Waals surface area (Å²) in [7, 11) is 0. The molecule has 0 spiro atoms. The second-order valence-corrected chi connectivity index (χ2v) is 8.71. The van der Waals surface area contributed by atoms with Crippen molar-refractivity contribution in [2.75, 3.05) is 0 Å². The fourth-order valence-electron chi connectivity index (χ4n) is 4.44. The van der Waals surface area contributed by atoms with Gasteiger partial charge < -0.3 is 4.74 Å². The number of ether oxygens (including phenoxy) is 1. The summed E-state index contributed by atoms with van der Waals surface area (Å²) in [4.78, 5) is 0. The predicted octanol–water partition coefficient (Wildman–Crippen LogP) is 8.17. The maximum atomic E-state index is 14.9. The van der Waals surface area contributed by atoms with Crippen molar-refractivity contribution < 1.29 is 35.5 Å². The number of hydrogen-bond donors (Lipinski definition) is 0. The molecule has 1 fully saturated rings. The lowest BCUT2D eigenvalue weighted by Crippen LogP contribution is -2.34. The van der Waals surface area contributed by atoms with Gasteiger partial charge in [0.2, 0.25) is 0 Å². The number of hydrogen-bond acceptors (Lipinski definition) is 1. The van der Waals surface area contributed by atoms with Crippen LogP contribution in [0.3, 0.4) is 0 Å². The van der Waals surface area contributed by atoms with Gasteiger partial charge in [-0.05, 0) is 66.8 Å². The summed E-state index contributed by atoms with van der Waals surface area (Å²) < 4.78 is 98.0. The lowest BCUT2D eigenvalue weighted by atomic mass is 9.75. The van der Waals surface area contributed by atoms with E-state index >= 15 is 0 Å².